The summed E-state index contributed by atoms with van der Waals surface area (Å²) in [6.07, 6.45) is 8.95. The lowest BCUT2D eigenvalue weighted by atomic mass is 10.2. The summed E-state index contributed by atoms with van der Waals surface area (Å²) in [5, 5.41) is 8.30. The van der Waals surface area contributed by atoms with Crippen molar-refractivity contribution in [3.63, 3.8) is 0 Å². The van der Waals surface area contributed by atoms with Crippen LogP contribution in [0.5, 0.6) is 11.5 Å². The lowest BCUT2D eigenvalue weighted by Crippen LogP contribution is -2.11. The second-order valence-electron chi connectivity index (χ2n) is 7.07. The van der Waals surface area contributed by atoms with E-state index in [1.165, 1.54) is 0 Å². The Kier molecular flexibility index (Phi) is 5.20. The number of ether oxygens (including phenoxy) is 1. The molecule has 7 heteroatoms. The van der Waals surface area contributed by atoms with E-state index in [0.717, 1.165) is 16.6 Å². The molecule has 0 aliphatic heterocycles. The van der Waals surface area contributed by atoms with E-state index in [1.54, 1.807) is 41.6 Å². The zero-order valence-electron chi connectivity index (χ0n) is 17.0. The number of imidazole rings is 1. The molecule has 0 unspecified atom stereocenters. The Bertz CT molecular complexity index is 1390. The SMILES string of the molecule is O=C(Nc1cccc(Oc2ccc3cnn(C=Cc4c[nH]cn4)c3c2)c1)c1ccccc1. The molecule has 0 saturated heterocycles. The maximum Gasteiger partial charge on any atom is 0.255 e. The molecule has 5 aromatic rings. The van der Waals surface area contributed by atoms with Crippen molar-refractivity contribution < 1.29 is 9.53 Å². The summed E-state index contributed by atoms with van der Waals surface area (Å²) >= 11 is 0. The van der Waals surface area contributed by atoms with Crippen molar-refractivity contribution in [1.29, 1.82) is 0 Å². The standard InChI is InChI=1S/C25H19N5O2/c31-25(18-5-2-1-3-6-18)29-20-7-4-8-22(13-20)32-23-10-9-19-15-28-30(24(19)14-23)12-11-21-16-26-17-27-21/h1-17H,(H,26,27)(H,29,31). The minimum atomic E-state index is -0.170. The molecule has 2 N–H and O–H groups in total. The molecule has 0 bridgehead atoms. The summed E-state index contributed by atoms with van der Waals surface area (Å²) in [7, 11) is 0. The van der Waals surface area contributed by atoms with Crippen molar-refractivity contribution in [2.75, 3.05) is 5.32 Å². The van der Waals surface area contributed by atoms with E-state index in [1.807, 2.05) is 66.9 Å². The van der Waals surface area contributed by atoms with Crippen LogP contribution in [0.4, 0.5) is 5.69 Å². The summed E-state index contributed by atoms with van der Waals surface area (Å²) in [6, 6.07) is 22.2. The van der Waals surface area contributed by atoms with Crippen LogP contribution in [0.1, 0.15) is 16.1 Å². The number of hydrogen-bond acceptors (Lipinski definition) is 4. The van der Waals surface area contributed by atoms with E-state index in [-0.39, 0.29) is 5.91 Å². The number of carbonyl (C=O) groups is 1. The van der Waals surface area contributed by atoms with Crippen molar-refractivity contribution in [2.45, 2.75) is 0 Å². The predicted molar refractivity (Wildman–Crippen MR) is 124 cm³/mol. The highest BCUT2D eigenvalue weighted by molar-refractivity contribution is 6.04. The van der Waals surface area contributed by atoms with Gasteiger partial charge in [-0.1, -0.05) is 24.3 Å². The van der Waals surface area contributed by atoms with Crippen LogP contribution in [0.25, 0.3) is 23.2 Å². The number of aromatic nitrogens is 4. The summed E-state index contributed by atoms with van der Waals surface area (Å²) < 4.78 is 7.83. The number of benzene rings is 3. The van der Waals surface area contributed by atoms with Crippen molar-refractivity contribution in [1.82, 2.24) is 19.7 Å². The van der Waals surface area contributed by atoms with Crippen LogP contribution >= 0.6 is 0 Å². The summed E-state index contributed by atoms with van der Waals surface area (Å²) in [4.78, 5) is 19.5. The molecule has 0 aliphatic rings. The van der Waals surface area contributed by atoms with Crippen molar-refractivity contribution in [3.8, 4) is 11.5 Å². The topological polar surface area (TPSA) is 84.8 Å². The molecule has 0 radical (unpaired) electrons. The predicted octanol–water partition coefficient (Wildman–Crippen LogP) is 5.43. The second-order valence-corrected chi connectivity index (χ2v) is 7.07. The van der Waals surface area contributed by atoms with Gasteiger partial charge in [-0.05, 0) is 42.5 Å². The number of H-pyrrole nitrogens is 1. The highest BCUT2D eigenvalue weighted by Crippen LogP contribution is 2.27. The molecular formula is C25H19N5O2. The number of rotatable bonds is 6. The summed E-state index contributed by atoms with van der Waals surface area (Å²) in [5.41, 5.74) is 2.98. The van der Waals surface area contributed by atoms with Crippen LogP contribution in [0.15, 0.2) is 91.5 Å². The number of fused-ring (bicyclic) bond motifs is 1. The van der Waals surface area contributed by atoms with Gasteiger partial charge in [-0.3, -0.25) is 4.79 Å². The van der Waals surface area contributed by atoms with Gasteiger partial charge in [-0.25, -0.2) is 9.67 Å². The average molecular weight is 421 g/mol. The first kappa shape index (κ1) is 19.3. The van der Waals surface area contributed by atoms with Gasteiger partial charge in [-0.2, -0.15) is 5.10 Å². The lowest BCUT2D eigenvalue weighted by molar-refractivity contribution is 0.102. The Hall–Kier alpha value is -4.65. The average Bonchev–Trinajstić information content (AvgIpc) is 3.48. The zero-order chi connectivity index (χ0) is 21.8. The van der Waals surface area contributed by atoms with Crippen LogP contribution < -0.4 is 10.1 Å². The first-order chi connectivity index (χ1) is 15.7. The monoisotopic (exact) mass is 421 g/mol. The highest BCUT2D eigenvalue weighted by atomic mass is 16.5. The van der Waals surface area contributed by atoms with Crippen LogP contribution in [0, 0.1) is 0 Å². The van der Waals surface area contributed by atoms with Gasteiger partial charge in [0.2, 0.25) is 0 Å². The summed E-state index contributed by atoms with van der Waals surface area (Å²) in [5.74, 6) is 1.11. The van der Waals surface area contributed by atoms with Crippen LogP contribution in [-0.2, 0) is 0 Å². The zero-order valence-corrected chi connectivity index (χ0v) is 17.0. The second kappa shape index (κ2) is 8.61. The fraction of sp³-hybridized carbons (Fsp3) is 0. The smallest absolute Gasteiger partial charge is 0.255 e. The van der Waals surface area contributed by atoms with Crippen LogP contribution in [-0.4, -0.2) is 25.7 Å². The number of anilines is 1. The van der Waals surface area contributed by atoms with Crippen LogP contribution in [0.2, 0.25) is 0 Å². The Morgan fingerprint density at radius 1 is 1.00 bits per heavy atom. The number of hydrogen-bond donors (Lipinski definition) is 2. The van der Waals surface area contributed by atoms with Gasteiger partial charge >= 0.3 is 0 Å². The molecule has 0 aliphatic carbocycles. The highest BCUT2D eigenvalue weighted by Gasteiger charge is 2.08. The molecule has 2 heterocycles. The van der Waals surface area contributed by atoms with Crippen molar-refractivity contribution >= 4 is 34.8 Å². The fourth-order valence-corrected chi connectivity index (χ4v) is 3.28. The van der Waals surface area contributed by atoms with Gasteiger partial charge in [-0.15, -0.1) is 0 Å². The minimum Gasteiger partial charge on any atom is -0.457 e. The molecule has 0 saturated carbocycles. The third kappa shape index (κ3) is 4.27. The Morgan fingerprint density at radius 2 is 1.88 bits per heavy atom. The molecule has 5 rings (SSSR count). The largest absolute Gasteiger partial charge is 0.457 e. The molecule has 3 aromatic carbocycles. The number of aromatic amines is 1. The van der Waals surface area contributed by atoms with Crippen molar-refractivity contribution in [2.24, 2.45) is 0 Å². The molecule has 0 atom stereocenters. The van der Waals surface area contributed by atoms with Gasteiger partial charge in [0.1, 0.15) is 11.5 Å². The number of nitrogens with zero attached hydrogens (tertiary/aromatic N) is 3. The third-order valence-corrected chi connectivity index (χ3v) is 4.84. The minimum absolute atomic E-state index is 0.170. The van der Waals surface area contributed by atoms with Crippen molar-refractivity contribution in [3.05, 3.63) is 103 Å². The van der Waals surface area contributed by atoms with E-state index in [9.17, 15) is 4.79 Å². The molecule has 0 fully saturated rings. The first-order valence-corrected chi connectivity index (χ1v) is 10.0. The van der Waals surface area contributed by atoms with Gasteiger partial charge in [0.25, 0.3) is 5.91 Å². The maximum atomic E-state index is 12.4. The van der Waals surface area contributed by atoms with Gasteiger partial charge < -0.3 is 15.0 Å². The number of amides is 1. The Balaban J connectivity index is 1.35. The van der Waals surface area contributed by atoms with Gasteiger partial charge in [0.05, 0.1) is 23.7 Å². The van der Waals surface area contributed by atoms with E-state index >= 15 is 0 Å². The van der Waals surface area contributed by atoms with E-state index < -0.39 is 0 Å². The summed E-state index contributed by atoms with van der Waals surface area (Å²) in [6.45, 7) is 0. The quantitative estimate of drug-likeness (QED) is 0.383. The lowest BCUT2D eigenvalue weighted by Gasteiger charge is -2.09. The maximum absolute atomic E-state index is 12.4. The third-order valence-electron chi connectivity index (χ3n) is 4.84. The van der Waals surface area contributed by atoms with Crippen LogP contribution in [0.3, 0.4) is 0 Å². The molecule has 1 amide bonds. The molecule has 32 heavy (non-hydrogen) atoms. The van der Waals surface area contributed by atoms with Gasteiger partial charge in [0.15, 0.2) is 0 Å². The van der Waals surface area contributed by atoms with E-state index in [4.69, 9.17) is 4.74 Å². The van der Waals surface area contributed by atoms with E-state index in [2.05, 4.69) is 20.4 Å². The Labute approximate surface area is 184 Å². The normalized spacial score (nSPS) is 11.1. The molecule has 0 spiro atoms. The number of carbonyl (C=O) groups excluding carboxylic acids is 1. The number of nitrogens with one attached hydrogen (secondary N) is 2. The molecular weight excluding hydrogens is 402 g/mol. The molecule has 156 valence electrons. The molecule has 7 nitrogen and oxygen atoms in total. The fourth-order valence-electron chi connectivity index (χ4n) is 3.28. The first-order valence-electron chi connectivity index (χ1n) is 10.0. The van der Waals surface area contributed by atoms with E-state index in [0.29, 0.717) is 22.7 Å². The molecule has 2 aromatic heterocycles. The Morgan fingerprint density at radius 3 is 2.72 bits per heavy atom. The van der Waals surface area contributed by atoms with Gasteiger partial charge in [0, 0.05) is 41.2 Å².